The molecule has 0 saturated heterocycles. The van der Waals surface area contributed by atoms with Crippen molar-refractivity contribution >= 4 is 33.3 Å². The van der Waals surface area contributed by atoms with Crippen LogP contribution < -0.4 is 10.3 Å². The first-order valence-electron chi connectivity index (χ1n) is 6.99. The predicted molar refractivity (Wildman–Crippen MR) is 93.7 cm³/mol. The van der Waals surface area contributed by atoms with E-state index < -0.39 is 6.67 Å². The van der Waals surface area contributed by atoms with Gasteiger partial charge in [0, 0.05) is 16.7 Å². The summed E-state index contributed by atoms with van der Waals surface area (Å²) in [5, 5.41) is 2.96. The topological polar surface area (TPSA) is 55.0 Å². The summed E-state index contributed by atoms with van der Waals surface area (Å²) < 4.78 is 17.5. The Bertz CT molecular complexity index is 905. The molecule has 0 unspecified atom stereocenters. The second-order valence-corrected chi connectivity index (χ2v) is 6.86. The number of thiophene rings is 1. The average Bonchev–Trinajstić information content (AvgIpc) is 2.97. The predicted octanol–water partition coefficient (Wildman–Crippen LogP) is 4.03. The lowest BCUT2D eigenvalue weighted by Gasteiger charge is -2.07. The van der Waals surface area contributed by atoms with Gasteiger partial charge in [-0.25, -0.2) is 4.98 Å². The number of aromatic amines is 1. The van der Waals surface area contributed by atoms with E-state index in [0.29, 0.717) is 15.4 Å². The highest BCUT2D eigenvalue weighted by molar-refractivity contribution is 7.99. The molecule has 0 spiro atoms. The van der Waals surface area contributed by atoms with Crippen LogP contribution in [0.15, 0.2) is 33.5 Å². The zero-order valence-electron chi connectivity index (χ0n) is 12.7. The average molecular weight is 350 g/mol. The second-order valence-electron chi connectivity index (χ2n) is 4.92. The highest BCUT2D eigenvalue weighted by Gasteiger charge is 2.14. The van der Waals surface area contributed by atoms with Gasteiger partial charge in [0.05, 0.1) is 19.2 Å². The van der Waals surface area contributed by atoms with E-state index in [4.69, 9.17) is 4.74 Å². The van der Waals surface area contributed by atoms with Crippen molar-refractivity contribution in [1.29, 1.82) is 0 Å². The lowest BCUT2D eigenvalue weighted by atomic mass is 10.0. The Morgan fingerprint density at radius 3 is 2.96 bits per heavy atom. The molecule has 0 saturated carbocycles. The molecule has 0 fully saturated rings. The normalized spacial score (nSPS) is 11.1. The van der Waals surface area contributed by atoms with Crippen molar-refractivity contribution < 1.29 is 9.13 Å². The summed E-state index contributed by atoms with van der Waals surface area (Å²) in [4.78, 5) is 20.2. The number of ether oxygens (including phenoxy) is 1. The van der Waals surface area contributed by atoms with Gasteiger partial charge in [0.15, 0.2) is 5.16 Å². The Labute approximate surface area is 140 Å². The van der Waals surface area contributed by atoms with Gasteiger partial charge in [0.1, 0.15) is 10.6 Å². The molecule has 0 atom stereocenters. The van der Waals surface area contributed by atoms with Gasteiger partial charge in [-0.15, -0.1) is 11.3 Å². The van der Waals surface area contributed by atoms with E-state index >= 15 is 0 Å². The zero-order chi connectivity index (χ0) is 16.4. The second kappa shape index (κ2) is 6.72. The minimum atomic E-state index is -0.451. The van der Waals surface area contributed by atoms with Gasteiger partial charge in [-0.05, 0) is 30.2 Å². The third-order valence-corrected chi connectivity index (χ3v) is 5.14. The molecule has 2 aromatic heterocycles. The lowest BCUT2D eigenvalue weighted by molar-refractivity contribution is 0.412. The van der Waals surface area contributed by atoms with E-state index in [1.165, 1.54) is 23.1 Å². The number of nitrogens with zero attached hydrogens (tertiary/aromatic N) is 1. The standard InChI is InChI=1S/C16H15FN2O2S2/c1-9-7-10(3-4-12(9)21-2)11-8-23-15-13(11)14(20)18-16(19-15)22-6-5-17/h3-4,7-8H,5-6H2,1-2H3,(H,18,19,20). The number of aromatic nitrogens is 2. The third kappa shape index (κ3) is 3.11. The van der Waals surface area contributed by atoms with Gasteiger partial charge in [0.25, 0.3) is 5.56 Å². The third-order valence-electron chi connectivity index (χ3n) is 3.44. The number of alkyl halides is 1. The summed E-state index contributed by atoms with van der Waals surface area (Å²) in [6, 6.07) is 5.81. The highest BCUT2D eigenvalue weighted by atomic mass is 32.2. The Morgan fingerprint density at radius 1 is 1.43 bits per heavy atom. The monoisotopic (exact) mass is 350 g/mol. The molecule has 3 rings (SSSR count). The molecule has 0 bridgehead atoms. The first-order chi connectivity index (χ1) is 11.1. The number of nitrogens with one attached hydrogen (secondary N) is 1. The van der Waals surface area contributed by atoms with E-state index in [-0.39, 0.29) is 11.3 Å². The maximum Gasteiger partial charge on any atom is 0.260 e. The van der Waals surface area contributed by atoms with Crippen molar-refractivity contribution in [1.82, 2.24) is 9.97 Å². The highest BCUT2D eigenvalue weighted by Crippen LogP contribution is 2.33. The Balaban J connectivity index is 2.09. The molecule has 23 heavy (non-hydrogen) atoms. The van der Waals surface area contributed by atoms with Crippen LogP contribution in [0.5, 0.6) is 5.75 Å². The minimum Gasteiger partial charge on any atom is -0.496 e. The van der Waals surface area contributed by atoms with Crippen LogP contribution in [0.25, 0.3) is 21.3 Å². The summed E-state index contributed by atoms with van der Waals surface area (Å²) >= 11 is 2.63. The van der Waals surface area contributed by atoms with Gasteiger partial charge in [0.2, 0.25) is 0 Å². The van der Waals surface area contributed by atoms with E-state index in [1.807, 2.05) is 30.5 Å². The number of hydrogen-bond donors (Lipinski definition) is 1. The smallest absolute Gasteiger partial charge is 0.260 e. The number of benzene rings is 1. The Hall–Kier alpha value is -1.86. The maximum atomic E-state index is 12.4. The number of methoxy groups -OCH3 is 1. The summed E-state index contributed by atoms with van der Waals surface area (Å²) in [6.45, 7) is 1.51. The van der Waals surface area contributed by atoms with Gasteiger partial charge >= 0.3 is 0 Å². The molecular weight excluding hydrogens is 335 g/mol. The fourth-order valence-corrected chi connectivity index (χ4v) is 3.99. The molecular formula is C16H15FN2O2S2. The van der Waals surface area contributed by atoms with Gasteiger partial charge in [-0.1, -0.05) is 17.8 Å². The summed E-state index contributed by atoms with van der Waals surface area (Å²) in [7, 11) is 1.63. The summed E-state index contributed by atoms with van der Waals surface area (Å²) in [5.41, 5.74) is 2.61. The molecule has 0 aliphatic heterocycles. The summed E-state index contributed by atoms with van der Waals surface area (Å²) in [6.07, 6.45) is 0. The van der Waals surface area contributed by atoms with Crippen LogP contribution in [0.2, 0.25) is 0 Å². The molecule has 7 heteroatoms. The van der Waals surface area contributed by atoms with Crippen LogP contribution in [-0.4, -0.2) is 29.5 Å². The minimum absolute atomic E-state index is 0.193. The van der Waals surface area contributed by atoms with E-state index in [0.717, 1.165) is 22.4 Å². The fourth-order valence-electron chi connectivity index (χ4n) is 2.39. The number of rotatable bonds is 5. The van der Waals surface area contributed by atoms with Gasteiger partial charge < -0.3 is 9.72 Å². The van der Waals surface area contributed by atoms with Crippen molar-refractivity contribution in [2.24, 2.45) is 0 Å². The van der Waals surface area contributed by atoms with E-state index in [2.05, 4.69) is 9.97 Å². The molecule has 3 aromatic rings. The molecule has 0 amide bonds. The molecule has 120 valence electrons. The van der Waals surface area contributed by atoms with Crippen LogP contribution >= 0.6 is 23.1 Å². The Kier molecular flexibility index (Phi) is 4.68. The number of H-pyrrole nitrogens is 1. The number of halogens is 1. The SMILES string of the molecule is COc1ccc(-c2csc3nc(SCCF)[nH]c(=O)c23)cc1C. The molecule has 0 aliphatic carbocycles. The number of hydrogen-bond acceptors (Lipinski definition) is 5. The number of fused-ring (bicyclic) bond motifs is 1. The van der Waals surface area contributed by atoms with E-state index in [1.54, 1.807) is 7.11 Å². The van der Waals surface area contributed by atoms with Crippen LogP contribution in [0.1, 0.15) is 5.56 Å². The quantitative estimate of drug-likeness (QED) is 0.557. The lowest BCUT2D eigenvalue weighted by Crippen LogP contribution is -2.08. The van der Waals surface area contributed by atoms with Crippen molar-refractivity contribution in [3.05, 3.63) is 39.5 Å². The van der Waals surface area contributed by atoms with Crippen LogP contribution in [-0.2, 0) is 0 Å². The van der Waals surface area contributed by atoms with Gasteiger partial charge in [-0.2, -0.15) is 0 Å². The van der Waals surface area contributed by atoms with Crippen LogP contribution in [0, 0.1) is 6.92 Å². The maximum absolute atomic E-state index is 12.4. The van der Waals surface area contributed by atoms with Crippen molar-refractivity contribution in [3.8, 4) is 16.9 Å². The van der Waals surface area contributed by atoms with Crippen LogP contribution in [0.4, 0.5) is 4.39 Å². The largest absolute Gasteiger partial charge is 0.496 e. The molecule has 4 nitrogen and oxygen atoms in total. The van der Waals surface area contributed by atoms with Gasteiger partial charge in [-0.3, -0.25) is 9.18 Å². The summed E-state index contributed by atoms with van der Waals surface area (Å²) in [5.74, 6) is 1.09. The molecule has 0 radical (unpaired) electrons. The zero-order valence-corrected chi connectivity index (χ0v) is 14.3. The Morgan fingerprint density at radius 2 is 2.26 bits per heavy atom. The number of thioether (sulfide) groups is 1. The molecule has 2 heterocycles. The first kappa shape index (κ1) is 16.0. The number of aryl methyl sites for hydroxylation is 1. The van der Waals surface area contributed by atoms with Crippen molar-refractivity contribution in [2.75, 3.05) is 19.5 Å². The van der Waals surface area contributed by atoms with Crippen molar-refractivity contribution in [2.45, 2.75) is 12.1 Å². The first-order valence-corrected chi connectivity index (χ1v) is 8.86. The molecule has 1 aromatic carbocycles. The molecule has 1 N–H and O–H groups in total. The van der Waals surface area contributed by atoms with Crippen LogP contribution in [0.3, 0.4) is 0 Å². The molecule has 0 aliphatic rings. The fraction of sp³-hybridized carbons (Fsp3) is 0.250. The van der Waals surface area contributed by atoms with Crippen molar-refractivity contribution in [3.63, 3.8) is 0 Å². The van der Waals surface area contributed by atoms with E-state index in [9.17, 15) is 9.18 Å².